The average molecular weight is 279 g/mol. The van der Waals surface area contributed by atoms with Gasteiger partial charge in [-0.3, -0.25) is 10.1 Å². The number of para-hydroxylation sites is 1. The quantitative estimate of drug-likeness (QED) is 0.638. The number of nitrogens with zero attached hydrogens (tertiary/aromatic N) is 1. The van der Waals surface area contributed by atoms with E-state index in [0.29, 0.717) is 18.0 Å². The maximum Gasteiger partial charge on any atom is 0.333 e. The highest BCUT2D eigenvalue weighted by Crippen LogP contribution is 2.36. The highest BCUT2D eigenvalue weighted by atomic mass is 16.6. The molecule has 0 radical (unpaired) electrons. The molecule has 1 saturated carbocycles. The van der Waals surface area contributed by atoms with E-state index < -0.39 is 0 Å². The molecular weight excluding hydrogens is 258 g/mol. The Morgan fingerprint density at radius 1 is 1.40 bits per heavy atom. The molecule has 6 heteroatoms. The van der Waals surface area contributed by atoms with E-state index in [1.165, 1.54) is 0 Å². The van der Waals surface area contributed by atoms with Gasteiger partial charge in [0.05, 0.1) is 11.5 Å². The Balaban J connectivity index is 2.18. The van der Waals surface area contributed by atoms with Gasteiger partial charge < -0.3 is 15.8 Å². The van der Waals surface area contributed by atoms with Crippen LogP contribution in [0.3, 0.4) is 0 Å². The van der Waals surface area contributed by atoms with Gasteiger partial charge in [0, 0.05) is 12.1 Å². The minimum atomic E-state index is -0.387. The second-order valence-corrected chi connectivity index (χ2v) is 5.10. The predicted octanol–water partition coefficient (Wildman–Crippen LogP) is 2.68. The number of nitro groups is 1. The number of benzene rings is 1. The van der Waals surface area contributed by atoms with Gasteiger partial charge in [-0.05, 0) is 44.7 Å². The van der Waals surface area contributed by atoms with Gasteiger partial charge in [0.15, 0.2) is 5.75 Å². The summed E-state index contributed by atoms with van der Waals surface area (Å²) in [6.07, 6.45) is 3.79. The molecule has 1 aliphatic carbocycles. The lowest BCUT2D eigenvalue weighted by Crippen LogP contribution is -2.32. The molecule has 1 aliphatic rings. The van der Waals surface area contributed by atoms with Crippen molar-refractivity contribution in [2.24, 2.45) is 5.73 Å². The van der Waals surface area contributed by atoms with Crippen LogP contribution in [0.2, 0.25) is 0 Å². The molecule has 0 spiro atoms. The minimum Gasteiger partial charge on any atom is -0.487 e. The van der Waals surface area contributed by atoms with E-state index in [1.807, 2.05) is 6.92 Å². The van der Waals surface area contributed by atoms with Crippen molar-refractivity contribution in [2.45, 2.75) is 44.7 Å². The molecule has 0 unspecified atom stereocenters. The second-order valence-electron chi connectivity index (χ2n) is 5.10. The van der Waals surface area contributed by atoms with Crippen molar-refractivity contribution in [3.8, 4) is 5.75 Å². The Hall–Kier alpha value is -1.82. The number of ether oxygens (including phenoxy) is 1. The van der Waals surface area contributed by atoms with Crippen molar-refractivity contribution in [1.82, 2.24) is 0 Å². The number of hydrogen-bond donors (Lipinski definition) is 2. The lowest BCUT2D eigenvalue weighted by atomic mass is 9.91. The van der Waals surface area contributed by atoms with E-state index >= 15 is 0 Å². The van der Waals surface area contributed by atoms with E-state index in [9.17, 15) is 10.1 Å². The van der Waals surface area contributed by atoms with Crippen LogP contribution < -0.4 is 15.8 Å². The maximum absolute atomic E-state index is 11.3. The summed E-state index contributed by atoms with van der Waals surface area (Å²) in [5, 5.41) is 14.5. The SMILES string of the molecule is CCOc1cccc(NC2CCC(N)CC2)c1[N+](=O)[O-]. The van der Waals surface area contributed by atoms with Gasteiger partial charge in [0.25, 0.3) is 0 Å². The van der Waals surface area contributed by atoms with Crippen LogP contribution in [0, 0.1) is 10.1 Å². The number of nitrogens with two attached hydrogens (primary N) is 1. The maximum atomic E-state index is 11.3. The summed E-state index contributed by atoms with van der Waals surface area (Å²) in [6.45, 7) is 2.22. The number of nitro benzene ring substituents is 1. The summed E-state index contributed by atoms with van der Waals surface area (Å²) in [5.41, 5.74) is 6.42. The third-order valence-corrected chi connectivity index (χ3v) is 3.61. The number of rotatable bonds is 5. The van der Waals surface area contributed by atoms with Crippen molar-refractivity contribution in [3.05, 3.63) is 28.3 Å². The van der Waals surface area contributed by atoms with E-state index in [-0.39, 0.29) is 22.7 Å². The topological polar surface area (TPSA) is 90.4 Å². The monoisotopic (exact) mass is 279 g/mol. The molecular formula is C14H21N3O3. The van der Waals surface area contributed by atoms with Crippen LogP contribution in [0.1, 0.15) is 32.6 Å². The van der Waals surface area contributed by atoms with Crippen molar-refractivity contribution in [3.63, 3.8) is 0 Å². The number of anilines is 1. The van der Waals surface area contributed by atoms with Gasteiger partial charge in [-0.2, -0.15) is 0 Å². The Bertz CT molecular complexity index is 471. The van der Waals surface area contributed by atoms with Gasteiger partial charge in [-0.15, -0.1) is 0 Å². The fourth-order valence-electron chi connectivity index (χ4n) is 2.58. The van der Waals surface area contributed by atoms with Crippen LogP contribution >= 0.6 is 0 Å². The summed E-state index contributed by atoms with van der Waals surface area (Å²) in [5.74, 6) is 0.315. The summed E-state index contributed by atoms with van der Waals surface area (Å²) in [4.78, 5) is 10.9. The summed E-state index contributed by atoms with van der Waals surface area (Å²) >= 11 is 0. The minimum absolute atomic E-state index is 0.0178. The lowest BCUT2D eigenvalue weighted by Gasteiger charge is -2.27. The Labute approximate surface area is 118 Å². The first kappa shape index (κ1) is 14.6. The third kappa shape index (κ3) is 3.39. The molecule has 0 heterocycles. The average Bonchev–Trinajstić information content (AvgIpc) is 2.41. The fourth-order valence-corrected chi connectivity index (χ4v) is 2.58. The summed E-state index contributed by atoms with van der Waals surface area (Å²) in [7, 11) is 0. The van der Waals surface area contributed by atoms with Crippen LogP contribution in [0.4, 0.5) is 11.4 Å². The molecule has 0 amide bonds. The van der Waals surface area contributed by atoms with E-state index in [2.05, 4.69) is 5.32 Å². The van der Waals surface area contributed by atoms with E-state index in [1.54, 1.807) is 18.2 Å². The zero-order chi connectivity index (χ0) is 14.5. The molecule has 1 aromatic rings. The fraction of sp³-hybridized carbons (Fsp3) is 0.571. The molecule has 1 aromatic carbocycles. The molecule has 1 fully saturated rings. The van der Waals surface area contributed by atoms with Crippen LogP contribution in [0.25, 0.3) is 0 Å². The smallest absolute Gasteiger partial charge is 0.333 e. The largest absolute Gasteiger partial charge is 0.487 e. The predicted molar refractivity (Wildman–Crippen MR) is 78.1 cm³/mol. The van der Waals surface area contributed by atoms with Crippen LogP contribution in [-0.4, -0.2) is 23.6 Å². The summed E-state index contributed by atoms with van der Waals surface area (Å²) in [6, 6.07) is 5.64. The van der Waals surface area contributed by atoms with Crippen LogP contribution in [0.15, 0.2) is 18.2 Å². The highest BCUT2D eigenvalue weighted by Gasteiger charge is 2.24. The molecule has 0 atom stereocenters. The first-order valence-electron chi connectivity index (χ1n) is 7.04. The zero-order valence-electron chi connectivity index (χ0n) is 11.7. The Kier molecular flexibility index (Phi) is 4.79. The van der Waals surface area contributed by atoms with Crippen molar-refractivity contribution < 1.29 is 9.66 Å². The van der Waals surface area contributed by atoms with E-state index in [0.717, 1.165) is 25.7 Å². The van der Waals surface area contributed by atoms with Crippen molar-refractivity contribution >= 4 is 11.4 Å². The van der Waals surface area contributed by atoms with Crippen LogP contribution in [-0.2, 0) is 0 Å². The Morgan fingerprint density at radius 3 is 2.70 bits per heavy atom. The first-order valence-corrected chi connectivity index (χ1v) is 7.04. The van der Waals surface area contributed by atoms with Crippen molar-refractivity contribution in [1.29, 1.82) is 0 Å². The molecule has 6 nitrogen and oxygen atoms in total. The molecule has 0 bridgehead atoms. The molecule has 0 aliphatic heterocycles. The Morgan fingerprint density at radius 2 is 2.10 bits per heavy atom. The number of nitrogens with one attached hydrogen (secondary N) is 1. The van der Waals surface area contributed by atoms with Gasteiger partial charge >= 0.3 is 5.69 Å². The third-order valence-electron chi connectivity index (χ3n) is 3.61. The van der Waals surface area contributed by atoms with Crippen molar-refractivity contribution in [2.75, 3.05) is 11.9 Å². The zero-order valence-corrected chi connectivity index (χ0v) is 11.7. The van der Waals surface area contributed by atoms with Crippen LogP contribution in [0.5, 0.6) is 5.75 Å². The second kappa shape index (κ2) is 6.56. The highest BCUT2D eigenvalue weighted by molar-refractivity contribution is 5.68. The van der Waals surface area contributed by atoms with Gasteiger partial charge in [-0.1, -0.05) is 6.07 Å². The summed E-state index contributed by atoms with van der Waals surface area (Å²) < 4.78 is 5.34. The normalized spacial score (nSPS) is 22.3. The molecule has 0 aromatic heterocycles. The standard InChI is InChI=1S/C14H21N3O3/c1-2-20-13-5-3-4-12(14(13)17(18)19)16-11-8-6-10(15)7-9-11/h3-5,10-11,16H,2,6-9,15H2,1H3. The number of hydrogen-bond acceptors (Lipinski definition) is 5. The first-order chi connectivity index (χ1) is 9.61. The van der Waals surface area contributed by atoms with Gasteiger partial charge in [-0.25, -0.2) is 0 Å². The molecule has 2 rings (SSSR count). The molecule has 110 valence electrons. The molecule has 0 saturated heterocycles. The molecule has 3 N–H and O–H groups in total. The van der Waals surface area contributed by atoms with Gasteiger partial charge in [0.1, 0.15) is 5.69 Å². The van der Waals surface area contributed by atoms with Gasteiger partial charge in [0.2, 0.25) is 0 Å². The molecule has 20 heavy (non-hydrogen) atoms. The lowest BCUT2D eigenvalue weighted by molar-refractivity contribution is -0.385. The van der Waals surface area contributed by atoms with E-state index in [4.69, 9.17) is 10.5 Å².